The highest BCUT2D eigenvalue weighted by Gasteiger charge is 2.25. The van der Waals surface area contributed by atoms with Crippen LogP contribution in [-0.4, -0.2) is 19.1 Å². The van der Waals surface area contributed by atoms with E-state index < -0.39 is 0 Å². The fourth-order valence-electron chi connectivity index (χ4n) is 9.58. The van der Waals surface area contributed by atoms with Crippen molar-refractivity contribution >= 4 is 27.1 Å². The normalized spacial score (nSPS) is 17.2. The molecule has 11 rings (SSSR count). The Labute approximate surface area is 351 Å². The molecule has 4 nitrogen and oxygen atoms in total. The average molecular weight is 773 g/mol. The highest BCUT2D eigenvalue weighted by molar-refractivity contribution is 6.21. The van der Waals surface area contributed by atoms with Gasteiger partial charge in [0.05, 0.1) is 22.8 Å². The lowest BCUT2D eigenvalue weighted by Gasteiger charge is -2.23. The maximum absolute atomic E-state index is 5.05. The summed E-state index contributed by atoms with van der Waals surface area (Å²) < 4.78 is 4.97. The second kappa shape index (κ2) is 15.5. The lowest BCUT2D eigenvalue weighted by Crippen LogP contribution is -2.09. The van der Waals surface area contributed by atoms with Gasteiger partial charge in [-0.3, -0.25) is 9.97 Å². The SMILES string of the molecule is C1=CCC(c2ccc(C3=CCCC=C3)n2-c2ccc3c(-c4ccccn4)c4cc(-n5c(-c6ccccc6)ccc5C5C=CC=CC5)ccc4c(-c4ccccn4)c3c2)C=C1. The fraction of sp³-hybridized carbons (Fsp3) is 0.107. The quantitative estimate of drug-likeness (QED) is 0.144. The third kappa shape index (κ3) is 6.33. The smallest absolute Gasteiger partial charge is 0.0714 e. The Bertz CT molecular complexity index is 3080. The van der Waals surface area contributed by atoms with E-state index in [4.69, 9.17) is 9.97 Å². The van der Waals surface area contributed by atoms with Crippen molar-refractivity contribution in [2.75, 3.05) is 0 Å². The molecule has 4 heteroatoms. The van der Waals surface area contributed by atoms with Crippen LogP contribution in [0.1, 0.15) is 54.6 Å². The Hall–Kier alpha value is -7.30. The summed E-state index contributed by atoms with van der Waals surface area (Å²) in [5, 5.41) is 4.58. The second-order valence-corrected chi connectivity index (χ2v) is 15.9. The summed E-state index contributed by atoms with van der Waals surface area (Å²) in [5.41, 5.74) is 13.8. The molecule has 0 N–H and O–H groups in total. The molecule has 288 valence electrons. The van der Waals surface area contributed by atoms with Gasteiger partial charge < -0.3 is 9.13 Å². The van der Waals surface area contributed by atoms with Crippen molar-refractivity contribution in [2.24, 2.45) is 0 Å². The number of hydrogen-bond acceptors (Lipinski definition) is 2. The first-order chi connectivity index (χ1) is 29.8. The molecule has 0 radical (unpaired) electrons. The number of fused-ring (bicyclic) bond motifs is 2. The number of hydrogen-bond donors (Lipinski definition) is 0. The van der Waals surface area contributed by atoms with Gasteiger partial charge in [0.25, 0.3) is 0 Å². The van der Waals surface area contributed by atoms with E-state index in [1.165, 1.54) is 33.9 Å². The molecule has 4 aromatic carbocycles. The molecule has 0 saturated heterocycles. The van der Waals surface area contributed by atoms with Gasteiger partial charge in [0.2, 0.25) is 0 Å². The fourth-order valence-corrected chi connectivity index (χ4v) is 9.58. The third-order valence-corrected chi connectivity index (χ3v) is 12.3. The molecule has 2 unspecified atom stereocenters. The van der Waals surface area contributed by atoms with Crippen molar-refractivity contribution in [3.05, 3.63) is 224 Å². The molecule has 0 saturated carbocycles. The summed E-state index contributed by atoms with van der Waals surface area (Å²) in [4.78, 5) is 10.1. The zero-order valence-corrected chi connectivity index (χ0v) is 33.4. The number of nitrogens with zero attached hydrogens (tertiary/aromatic N) is 4. The van der Waals surface area contributed by atoms with Crippen LogP contribution in [0.15, 0.2) is 207 Å². The van der Waals surface area contributed by atoms with Gasteiger partial charge in [-0.1, -0.05) is 121 Å². The van der Waals surface area contributed by atoms with E-state index in [1.54, 1.807) is 0 Å². The van der Waals surface area contributed by atoms with Crippen LogP contribution in [0.25, 0.3) is 72.3 Å². The van der Waals surface area contributed by atoms with E-state index in [9.17, 15) is 0 Å². The molecule has 0 spiro atoms. The van der Waals surface area contributed by atoms with Gasteiger partial charge in [-0.2, -0.15) is 0 Å². The lowest BCUT2D eigenvalue weighted by atomic mass is 9.88. The van der Waals surface area contributed by atoms with Gasteiger partial charge in [-0.25, -0.2) is 0 Å². The lowest BCUT2D eigenvalue weighted by molar-refractivity contribution is 0.781. The molecule has 2 atom stereocenters. The number of rotatable bonds is 8. The van der Waals surface area contributed by atoms with Crippen molar-refractivity contribution in [1.29, 1.82) is 0 Å². The average Bonchev–Trinajstić information content (AvgIpc) is 3.98. The maximum Gasteiger partial charge on any atom is 0.0714 e. The van der Waals surface area contributed by atoms with Crippen molar-refractivity contribution in [3.63, 3.8) is 0 Å². The van der Waals surface area contributed by atoms with Crippen LogP contribution in [0, 0.1) is 0 Å². The van der Waals surface area contributed by atoms with Gasteiger partial charge >= 0.3 is 0 Å². The second-order valence-electron chi connectivity index (χ2n) is 15.9. The van der Waals surface area contributed by atoms with E-state index in [0.717, 1.165) is 81.1 Å². The zero-order chi connectivity index (χ0) is 39.8. The summed E-state index contributed by atoms with van der Waals surface area (Å²) in [7, 11) is 0. The minimum Gasteiger partial charge on any atom is -0.313 e. The van der Waals surface area contributed by atoms with Crippen molar-refractivity contribution in [2.45, 2.75) is 37.5 Å². The summed E-state index contributed by atoms with van der Waals surface area (Å²) in [6.07, 6.45) is 32.8. The van der Waals surface area contributed by atoms with Crippen LogP contribution in [0.4, 0.5) is 0 Å². The van der Waals surface area contributed by atoms with Gasteiger partial charge in [-0.05, 0) is 131 Å². The summed E-state index contributed by atoms with van der Waals surface area (Å²) in [6, 6.07) is 46.6. The van der Waals surface area contributed by atoms with E-state index in [-0.39, 0.29) is 11.8 Å². The monoisotopic (exact) mass is 772 g/mol. The largest absolute Gasteiger partial charge is 0.313 e. The van der Waals surface area contributed by atoms with Crippen LogP contribution in [-0.2, 0) is 0 Å². The van der Waals surface area contributed by atoms with Crippen LogP contribution in [0.5, 0.6) is 0 Å². The van der Waals surface area contributed by atoms with E-state index >= 15 is 0 Å². The minimum atomic E-state index is 0.265. The highest BCUT2D eigenvalue weighted by atomic mass is 15.0. The molecule has 4 aromatic heterocycles. The van der Waals surface area contributed by atoms with Gasteiger partial charge in [0.15, 0.2) is 0 Å². The van der Waals surface area contributed by atoms with E-state index in [0.29, 0.717) is 0 Å². The first-order valence-corrected chi connectivity index (χ1v) is 21.2. The summed E-state index contributed by atoms with van der Waals surface area (Å²) in [6.45, 7) is 0. The molecule has 60 heavy (non-hydrogen) atoms. The summed E-state index contributed by atoms with van der Waals surface area (Å²) in [5.74, 6) is 0.544. The van der Waals surface area contributed by atoms with E-state index in [1.807, 2.05) is 24.5 Å². The van der Waals surface area contributed by atoms with Gasteiger partial charge in [0, 0.05) is 58.1 Å². The third-order valence-electron chi connectivity index (χ3n) is 12.3. The van der Waals surface area contributed by atoms with Crippen LogP contribution in [0.3, 0.4) is 0 Å². The summed E-state index contributed by atoms with van der Waals surface area (Å²) >= 11 is 0. The Morgan fingerprint density at radius 1 is 0.467 bits per heavy atom. The molecule has 3 aliphatic carbocycles. The predicted octanol–water partition coefficient (Wildman–Crippen LogP) is 14.3. The Morgan fingerprint density at radius 3 is 1.55 bits per heavy atom. The standard InChI is InChI=1S/C56H44N4/c1-5-17-39(18-6-1)51-31-32-52(40-19-7-2-8-20-40)59(51)43-27-29-45-47(37-43)55(49-25-13-15-35-57-49)46-30-28-44(38-48(46)56(45)50-26-14-16-36-58-50)60-53(41-21-9-3-10-22-41)33-34-54(60)42-23-11-4-12-24-42/h1-3,5-11,13-19,21,23-38,40-41H,4,12,20,22H2. The van der Waals surface area contributed by atoms with Crippen molar-refractivity contribution in [1.82, 2.24) is 19.1 Å². The highest BCUT2D eigenvalue weighted by Crippen LogP contribution is 2.46. The molecule has 0 aliphatic heterocycles. The van der Waals surface area contributed by atoms with Gasteiger partial charge in [-0.15, -0.1) is 0 Å². The van der Waals surface area contributed by atoms with E-state index in [2.05, 4.69) is 191 Å². The van der Waals surface area contributed by atoms with Crippen LogP contribution in [0.2, 0.25) is 0 Å². The van der Waals surface area contributed by atoms with Crippen LogP contribution >= 0.6 is 0 Å². The molecule has 3 aliphatic rings. The Kier molecular flexibility index (Phi) is 9.24. The molecule has 0 fully saturated rings. The molecular formula is C56H44N4. The Balaban J connectivity index is 1.21. The zero-order valence-electron chi connectivity index (χ0n) is 33.4. The topological polar surface area (TPSA) is 35.6 Å². The first kappa shape index (κ1) is 35.8. The van der Waals surface area contributed by atoms with Gasteiger partial charge in [0.1, 0.15) is 0 Å². The number of aromatic nitrogens is 4. The molecule has 0 bridgehead atoms. The Morgan fingerprint density at radius 2 is 1.03 bits per heavy atom. The number of pyridine rings is 2. The minimum absolute atomic E-state index is 0.265. The molecule has 0 amide bonds. The molecule has 8 aromatic rings. The van der Waals surface area contributed by atoms with Crippen molar-refractivity contribution in [3.8, 4) is 45.1 Å². The van der Waals surface area contributed by atoms with Crippen molar-refractivity contribution < 1.29 is 0 Å². The number of benzene rings is 4. The number of allylic oxidation sites excluding steroid dienone is 12. The van der Waals surface area contributed by atoms with Crippen LogP contribution < -0.4 is 0 Å². The first-order valence-electron chi connectivity index (χ1n) is 21.2. The molecular weight excluding hydrogens is 729 g/mol. The molecule has 4 heterocycles. The predicted molar refractivity (Wildman–Crippen MR) is 250 cm³/mol. The maximum atomic E-state index is 5.05.